The van der Waals surface area contributed by atoms with Gasteiger partial charge in [-0.2, -0.15) is 5.26 Å². The molecule has 0 amide bonds. The molecule has 0 heterocycles. The number of fused-ring (bicyclic) bond motifs is 6. The zero-order valence-electron chi connectivity index (χ0n) is 18.5. The second kappa shape index (κ2) is 5.96. The summed E-state index contributed by atoms with van der Waals surface area (Å²) in [5.41, 5.74) is 4.84. The molecule has 0 aliphatic heterocycles. The lowest BCUT2D eigenvalue weighted by Crippen LogP contribution is -2.55. The first-order valence-electron chi connectivity index (χ1n) is 11.8. The van der Waals surface area contributed by atoms with E-state index < -0.39 is 5.41 Å². The highest BCUT2D eigenvalue weighted by Crippen LogP contribution is 2.76. The average molecular weight is 389 g/mol. The lowest BCUT2D eigenvalue weighted by molar-refractivity contribution is 0.00692. The van der Waals surface area contributed by atoms with Gasteiger partial charge in [0, 0.05) is 17.0 Å². The van der Waals surface area contributed by atoms with Crippen molar-refractivity contribution in [3.8, 4) is 6.07 Å². The van der Waals surface area contributed by atoms with E-state index >= 15 is 0 Å². The van der Waals surface area contributed by atoms with Crippen LogP contribution >= 0.6 is 0 Å². The van der Waals surface area contributed by atoms with E-state index in [0.29, 0.717) is 23.2 Å². The summed E-state index contributed by atoms with van der Waals surface area (Å²) >= 11 is 0. The third kappa shape index (κ3) is 2.10. The van der Waals surface area contributed by atoms with Gasteiger partial charge >= 0.3 is 0 Å². The standard InChI is InChI=1S/C27H36N2/c1-6-16(2)13-18-7-8-20-23-19-14-27(15-28)24(17(19)3)22(29)10-12-26(27,5)21(23)9-11-25(18,20)4/h9,18-20,23-24,29H,2-3,6-8,10-14H2,1,4-5H3/t18?,19?,20?,23?,24-,25?,26?,27+/m1/s1. The summed E-state index contributed by atoms with van der Waals surface area (Å²) in [6.07, 6.45) is 11.4. The Labute approximate surface area is 176 Å². The molecular weight excluding hydrogens is 352 g/mol. The molecule has 0 spiro atoms. The van der Waals surface area contributed by atoms with Gasteiger partial charge in [-0.1, -0.05) is 56.7 Å². The smallest absolute Gasteiger partial charge is 0.0787 e. The van der Waals surface area contributed by atoms with E-state index in [1.165, 1.54) is 30.4 Å². The molecule has 1 N–H and O–H groups in total. The van der Waals surface area contributed by atoms with Gasteiger partial charge in [0.15, 0.2) is 0 Å². The van der Waals surface area contributed by atoms with Crippen LogP contribution in [-0.4, -0.2) is 5.71 Å². The molecule has 2 heteroatoms. The van der Waals surface area contributed by atoms with E-state index in [4.69, 9.17) is 5.41 Å². The average Bonchev–Trinajstić information content (AvgIpc) is 3.19. The van der Waals surface area contributed by atoms with Gasteiger partial charge in [0.1, 0.15) is 0 Å². The van der Waals surface area contributed by atoms with Crippen LogP contribution in [0, 0.1) is 62.6 Å². The van der Waals surface area contributed by atoms with E-state index in [0.717, 1.165) is 43.7 Å². The van der Waals surface area contributed by atoms with Gasteiger partial charge in [-0.05, 0) is 80.5 Å². The van der Waals surface area contributed by atoms with Crippen LogP contribution in [-0.2, 0) is 0 Å². The highest BCUT2D eigenvalue weighted by atomic mass is 14.8. The number of rotatable bonds is 3. The SMILES string of the molecule is C=C(CC)CC1CCC2C3C(=CCC12C)C1(C)CCC(=N)[C@H]2C(=C)C3C[C@]21C#N. The predicted octanol–water partition coefficient (Wildman–Crippen LogP) is 6.86. The Morgan fingerprint density at radius 1 is 1.34 bits per heavy atom. The van der Waals surface area contributed by atoms with E-state index in [2.05, 4.69) is 46.1 Å². The molecule has 5 aliphatic rings. The van der Waals surface area contributed by atoms with Crippen LogP contribution in [0.25, 0.3) is 0 Å². The lowest BCUT2D eigenvalue weighted by Gasteiger charge is -2.59. The van der Waals surface area contributed by atoms with E-state index in [-0.39, 0.29) is 11.3 Å². The minimum Gasteiger partial charge on any atom is -0.309 e. The molecule has 2 nitrogen and oxygen atoms in total. The molecule has 154 valence electrons. The predicted molar refractivity (Wildman–Crippen MR) is 118 cm³/mol. The number of allylic oxidation sites excluding steroid dienone is 4. The van der Waals surface area contributed by atoms with Crippen LogP contribution in [0.1, 0.15) is 72.1 Å². The van der Waals surface area contributed by atoms with Crippen molar-refractivity contribution in [2.75, 3.05) is 0 Å². The number of hydrogen-bond acceptors (Lipinski definition) is 2. The summed E-state index contributed by atoms with van der Waals surface area (Å²) in [5, 5.41) is 19.2. The number of nitriles is 1. The molecule has 2 bridgehead atoms. The molecule has 5 rings (SSSR count). The zero-order valence-corrected chi connectivity index (χ0v) is 18.5. The third-order valence-electron chi connectivity index (χ3n) is 10.6. The monoisotopic (exact) mass is 388 g/mol. The van der Waals surface area contributed by atoms with E-state index in [9.17, 15) is 5.26 Å². The van der Waals surface area contributed by atoms with Crippen molar-refractivity contribution in [3.63, 3.8) is 0 Å². The Hall–Kier alpha value is -1.62. The maximum absolute atomic E-state index is 10.4. The highest BCUT2D eigenvalue weighted by molar-refractivity contribution is 5.90. The van der Waals surface area contributed by atoms with Gasteiger partial charge in [0.05, 0.1) is 11.5 Å². The van der Waals surface area contributed by atoms with Crippen molar-refractivity contribution in [3.05, 3.63) is 36.0 Å². The van der Waals surface area contributed by atoms with Crippen LogP contribution < -0.4 is 0 Å². The minimum absolute atomic E-state index is 0.00826. The van der Waals surface area contributed by atoms with E-state index in [1.54, 1.807) is 5.57 Å². The minimum atomic E-state index is -0.422. The van der Waals surface area contributed by atoms with Gasteiger partial charge in [0.25, 0.3) is 0 Å². The van der Waals surface area contributed by atoms with Crippen molar-refractivity contribution in [2.24, 2.45) is 45.8 Å². The van der Waals surface area contributed by atoms with Gasteiger partial charge in [-0.25, -0.2) is 0 Å². The van der Waals surface area contributed by atoms with Crippen molar-refractivity contribution in [1.82, 2.24) is 0 Å². The fraction of sp³-hybridized carbons (Fsp3) is 0.704. The molecule has 8 atom stereocenters. The van der Waals surface area contributed by atoms with Crippen molar-refractivity contribution < 1.29 is 0 Å². The summed E-state index contributed by atoms with van der Waals surface area (Å²) in [6, 6.07) is 2.80. The maximum atomic E-state index is 10.4. The third-order valence-corrected chi connectivity index (χ3v) is 10.6. The number of hydrogen-bond donors (Lipinski definition) is 1. The van der Waals surface area contributed by atoms with Crippen LogP contribution in [0.5, 0.6) is 0 Å². The Morgan fingerprint density at radius 3 is 2.79 bits per heavy atom. The molecule has 29 heavy (non-hydrogen) atoms. The Bertz CT molecular complexity index is 887. The van der Waals surface area contributed by atoms with Crippen molar-refractivity contribution in [1.29, 1.82) is 10.7 Å². The molecule has 6 unspecified atom stereocenters. The largest absolute Gasteiger partial charge is 0.309 e. The Balaban J connectivity index is 1.62. The first-order valence-corrected chi connectivity index (χ1v) is 11.8. The quantitative estimate of drug-likeness (QED) is 0.528. The molecule has 0 aromatic heterocycles. The van der Waals surface area contributed by atoms with Crippen LogP contribution in [0.15, 0.2) is 36.0 Å². The summed E-state index contributed by atoms with van der Waals surface area (Å²) in [6.45, 7) is 16.1. The lowest BCUT2D eigenvalue weighted by atomic mass is 9.43. The fourth-order valence-electron chi connectivity index (χ4n) is 8.79. The van der Waals surface area contributed by atoms with Crippen LogP contribution in [0.4, 0.5) is 0 Å². The normalized spacial score (nSPS) is 49.9. The van der Waals surface area contributed by atoms with Gasteiger partial charge < -0.3 is 5.41 Å². The topological polar surface area (TPSA) is 47.6 Å². The van der Waals surface area contributed by atoms with Gasteiger partial charge in [-0.15, -0.1) is 0 Å². The van der Waals surface area contributed by atoms with Crippen molar-refractivity contribution in [2.45, 2.75) is 72.1 Å². The van der Waals surface area contributed by atoms with E-state index in [1.807, 2.05) is 0 Å². The molecular formula is C27H36N2. The molecule has 0 aromatic rings. The molecule has 0 saturated heterocycles. The molecule has 4 saturated carbocycles. The van der Waals surface area contributed by atoms with Crippen LogP contribution in [0.3, 0.4) is 0 Å². The highest BCUT2D eigenvalue weighted by Gasteiger charge is 2.72. The molecule has 5 aliphatic carbocycles. The number of nitrogens with one attached hydrogen (secondary N) is 1. The summed E-state index contributed by atoms with van der Waals surface area (Å²) < 4.78 is 0. The second-order valence-corrected chi connectivity index (χ2v) is 11.3. The fourth-order valence-corrected chi connectivity index (χ4v) is 8.79. The van der Waals surface area contributed by atoms with Crippen molar-refractivity contribution >= 4 is 5.71 Å². The maximum Gasteiger partial charge on any atom is 0.0787 e. The first kappa shape index (κ1) is 19.3. The molecule has 0 aromatic carbocycles. The zero-order chi connectivity index (χ0) is 20.8. The molecule has 0 radical (unpaired) electrons. The summed E-state index contributed by atoms with van der Waals surface area (Å²) in [5.74, 6) is 2.37. The summed E-state index contributed by atoms with van der Waals surface area (Å²) in [4.78, 5) is 0. The number of nitrogens with zero attached hydrogens (tertiary/aromatic N) is 1. The molecule has 4 fully saturated rings. The van der Waals surface area contributed by atoms with Gasteiger partial charge in [-0.3, -0.25) is 0 Å². The Morgan fingerprint density at radius 2 is 2.10 bits per heavy atom. The van der Waals surface area contributed by atoms with Crippen LogP contribution in [0.2, 0.25) is 0 Å². The first-order chi connectivity index (χ1) is 13.7. The van der Waals surface area contributed by atoms with Gasteiger partial charge in [0.2, 0.25) is 0 Å². The summed E-state index contributed by atoms with van der Waals surface area (Å²) in [7, 11) is 0. The second-order valence-electron chi connectivity index (χ2n) is 11.3. The Kier molecular flexibility index (Phi) is 3.98.